The van der Waals surface area contributed by atoms with Crippen LogP contribution >= 0.6 is 12.2 Å². The minimum absolute atomic E-state index is 0.348. The van der Waals surface area contributed by atoms with Crippen LogP contribution in [0.2, 0.25) is 0 Å². The molecule has 112 valence electrons. The van der Waals surface area contributed by atoms with E-state index in [1.165, 1.54) is 0 Å². The average Bonchev–Trinajstić information content (AvgIpc) is 2.48. The normalized spacial score (nSPS) is 10.8. The van der Waals surface area contributed by atoms with E-state index in [1.54, 1.807) is 0 Å². The van der Waals surface area contributed by atoms with Crippen molar-refractivity contribution >= 4 is 22.9 Å². The molecular formula is C15H26N4S. The SMILES string of the molecule is CCN(CC)CCCN(CC)c1ccc(C(N)=S)nc1. The lowest BCUT2D eigenvalue weighted by Gasteiger charge is -2.25. The van der Waals surface area contributed by atoms with E-state index < -0.39 is 0 Å². The van der Waals surface area contributed by atoms with Gasteiger partial charge in [-0.1, -0.05) is 26.1 Å². The zero-order chi connectivity index (χ0) is 15.0. The maximum atomic E-state index is 5.57. The number of nitrogens with zero attached hydrogens (tertiary/aromatic N) is 3. The van der Waals surface area contributed by atoms with Crippen molar-refractivity contribution in [3.05, 3.63) is 24.0 Å². The summed E-state index contributed by atoms with van der Waals surface area (Å²) in [6.45, 7) is 12.0. The zero-order valence-electron chi connectivity index (χ0n) is 12.8. The summed E-state index contributed by atoms with van der Waals surface area (Å²) in [6, 6.07) is 3.94. The van der Waals surface area contributed by atoms with Gasteiger partial charge in [-0.25, -0.2) is 0 Å². The number of thiocarbonyl (C=S) groups is 1. The van der Waals surface area contributed by atoms with Gasteiger partial charge in [-0.3, -0.25) is 4.98 Å². The number of pyridine rings is 1. The molecular weight excluding hydrogens is 268 g/mol. The van der Waals surface area contributed by atoms with Crippen LogP contribution in [0.3, 0.4) is 0 Å². The van der Waals surface area contributed by atoms with Gasteiger partial charge >= 0.3 is 0 Å². The highest BCUT2D eigenvalue weighted by atomic mass is 32.1. The Hall–Kier alpha value is -1.20. The van der Waals surface area contributed by atoms with Gasteiger partial charge < -0.3 is 15.5 Å². The lowest BCUT2D eigenvalue weighted by Crippen LogP contribution is -2.30. The number of aromatic nitrogens is 1. The van der Waals surface area contributed by atoms with Crippen molar-refractivity contribution in [2.45, 2.75) is 27.2 Å². The molecule has 2 N–H and O–H groups in total. The van der Waals surface area contributed by atoms with Crippen LogP contribution in [0.25, 0.3) is 0 Å². The molecule has 0 saturated carbocycles. The predicted molar refractivity (Wildman–Crippen MR) is 90.4 cm³/mol. The molecule has 0 fully saturated rings. The summed E-state index contributed by atoms with van der Waals surface area (Å²) in [6.07, 6.45) is 3.02. The molecule has 20 heavy (non-hydrogen) atoms. The van der Waals surface area contributed by atoms with Crippen LogP contribution in [0.15, 0.2) is 18.3 Å². The summed E-state index contributed by atoms with van der Waals surface area (Å²) in [4.78, 5) is 9.43. The summed E-state index contributed by atoms with van der Waals surface area (Å²) in [5.74, 6) is 0. The third-order valence-corrected chi connectivity index (χ3v) is 3.75. The maximum absolute atomic E-state index is 5.57. The Morgan fingerprint density at radius 3 is 2.30 bits per heavy atom. The van der Waals surface area contributed by atoms with E-state index in [-0.39, 0.29) is 0 Å². The second-order valence-corrected chi connectivity index (χ2v) is 5.17. The number of hydrogen-bond donors (Lipinski definition) is 1. The molecule has 1 aromatic rings. The van der Waals surface area contributed by atoms with Gasteiger partial charge in [0.2, 0.25) is 0 Å². The highest BCUT2D eigenvalue weighted by Gasteiger charge is 2.07. The number of nitrogens with two attached hydrogens (primary N) is 1. The molecule has 0 unspecified atom stereocenters. The number of rotatable bonds is 9. The summed E-state index contributed by atoms with van der Waals surface area (Å²) >= 11 is 4.92. The minimum Gasteiger partial charge on any atom is -0.388 e. The molecule has 0 atom stereocenters. The van der Waals surface area contributed by atoms with Crippen molar-refractivity contribution in [2.75, 3.05) is 37.6 Å². The Labute approximate surface area is 128 Å². The molecule has 1 rings (SSSR count). The van der Waals surface area contributed by atoms with Crippen molar-refractivity contribution in [3.8, 4) is 0 Å². The van der Waals surface area contributed by atoms with E-state index in [0.29, 0.717) is 10.7 Å². The van der Waals surface area contributed by atoms with Gasteiger partial charge in [-0.2, -0.15) is 0 Å². The summed E-state index contributed by atoms with van der Waals surface area (Å²) in [5.41, 5.74) is 7.38. The largest absolute Gasteiger partial charge is 0.388 e. The van der Waals surface area contributed by atoms with Gasteiger partial charge in [0, 0.05) is 13.1 Å². The molecule has 0 aromatic carbocycles. The van der Waals surface area contributed by atoms with E-state index in [9.17, 15) is 0 Å². The van der Waals surface area contributed by atoms with Crippen molar-refractivity contribution in [3.63, 3.8) is 0 Å². The van der Waals surface area contributed by atoms with E-state index in [1.807, 2.05) is 18.3 Å². The van der Waals surface area contributed by atoms with Crippen LogP contribution < -0.4 is 10.6 Å². The molecule has 5 heteroatoms. The molecule has 0 radical (unpaired) electrons. The minimum atomic E-state index is 0.348. The van der Waals surface area contributed by atoms with Gasteiger partial charge in [0.25, 0.3) is 0 Å². The quantitative estimate of drug-likeness (QED) is 0.708. The third kappa shape index (κ3) is 5.06. The molecule has 0 aliphatic heterocycles. The molecule has 0 spiro atoms. The lowest BCUT2D eigenvalue weighted by atomic mass is 10.2. The van der Waals surface area contributed by atoms with E-state index in [2.05, 4.69) is 35.6 Å². The van der Waals surface area contributed by atoms with Crippen LogP contribution in [-0.2, 0) is 0 Å². The smallest absolute Gasteiger partial charge is 0.122 e. The molecule has 0 bridgehead atoms. The Balaban J connectivity index is 2.55. The van der Waals surface area contributed by atoms with Crippen molar-refractivity contribution in [2.24, 2.45) is 5.73 Å². The van der Waals surface area contributed by atoms with Gasteiger partial charge in [-0.05, 0) is 45.1 Å². The molecule has 1 aromatic heterocycles. The van der Waals surface area contributed by atoms with Crippen LogP contribution in [0.4, 0.5) is 5.69 Å². The first-order valence-electron chi connectivity index (χ1n) is 7.35. The fourth-order valence-corrected chi connectivity index (χ4v) is 2.33. The Morgan fingerprint density at radius 1 is 1.15 bits per heavy atom. The summed E-state index contributed by atoms with van der Waals surface area (Å²) in [5, 5.41) is 0. The fraction of sp³-hybridized carbons (Fsp3) is 0.600. The maximum Gasteiger partial charge on any atom is 0.122 e. The monoisotopic (exact) mass is 294 g/mol. The first-order chi connectivity index (χ1) is 9.62. The van der Waals surface area contributed by atoms with E-state index in [0.717, 1.165) is 44.8 Å². The lowest BCUT2D eigenvalue weighted by molar-refractivity contribution is 0.301. The zero-order valence-corrected chi connectivity index (χ0v) is 13.6. The standard InChI is InChI=1S/C15H26N4S/c1-4-18(5-2)10-7-11-19(6-3)13-8-9-14(15(16)20)17-12-13/h8-9,12H,4-7,10-11H2,1-3H3,(H2,16,20). The number of anilines is 1. The van der Waals surface area contributed by atoms with Gasteiger partial charge in [0.15, 0.2) is 0 Å². The summed E-state index contributed by atoms with van der Waals surface area (Å²) < 4.78 is 0. The van der Waals surface area contributed by atoms with Crippen LogP contribution in [0.1, 0.15) is 32.9 Å². The van der Waals surface area contributed by atoms with Gasteiger partial charge in [-0.15, -0.1) is 0 Å². The fourth-order valence-electron chi connectivity index (χ4n) is 2.21. The van der Waals surface area contributed by atoms with E-state index >= 15 is 0 Å². The van der Waals surface area contributed by atoms with Crippen molar-refractivity contribution in [1.29, 1.82) is 0 Å². The highest BCUT2D eigenvalue weighted by molar-refractivity contribution is 7.80. The van der Waals surface area contributed by atoms with Crippen LogP contribution in [0.5, 0.6) is 0 Å². The van der Waals surface area contributed by atoms with Crippen molar-refractivity contribution in [1.82, 2.24) is 9.88 Å². The van der Waals surface area contributed by atoms with Crippen LogP contribution in [0, 0.1) is 0 Å². The first-order valence-corrected chi connectivity index (χ1v) is 7.76. The Bertz CT molecular complexity index is 401. The first kappa shape index (κ1) is 16.9. The van der Waals surface area contributed by atoms with Crippen LogP contribution in [-0.4, -0.2) is 47.6 Å². The number of hydrogen-bond acceptors (Lipinski definition) is 4. The predicted octanol–water partition coefficient (Wildman–Crippen LogP) is 2.27. The van der Waals surface area contributed by atoms with E-state index in [4.69, 9.17) is 18.0 Å². The molecule has 0 aliphatic carbocycles. The average molecular weight is 294 g/mol. The highest BCUT2D eigenvalue weighted by Crippen LogP contribution is 2.13. The summed E-state index contributed by atoms with van der Waals surface area (Å²) in [7, 11) is 0. The topological polar surface area (TPSA) is 45.4 Å². The molecule has 4 nitrogen and oxygen atoms in total. The Kier molecular flexibility index (Phi) is 7.47. The molecule has 0 aliphatic rings. The molecule has 0 saturated heterocycles. The molecule has 1 heterocycles. The second-order valence-electron chi connectivity index (χ2n) is 4.73. The second kappa shape index (κ2) is 8.87. The Morgan fingerprint density at radius 2 is 1.85 bits per heavy atom. The molecule has 0 amide bonds. The third-order valence-electron chi connectivity index (χ3n) is 3.54. The van der Waals surface area contributed by atoms with Crippen molar-refractivity contribution < 1.29 is 0 Å². The van der Waals surface area contributed by atoms with Gasteiger partial charge in [0.05, 0.1) is 17.6 Å². The van der Waals surface area contributed by atoms with Gasteiger partial charge in [0.1, 0.15) is 4.99 Å².